The van der Waals surface area contributed by atoms with E-state index < -0.39 is 0 Å². The van der Waals surface area contributed by atoms with E-state index in [-0.39, 0.29) is 0 Å². The van der Waals surface area contributed by atoms with Gasteiger partial charge in [-0.25, -0.2) is 0 Å². The Morgan fingerprint density at radius 2 is 1.68 bits per heavy atom. The molecule has 0 spiro atoms. The number of thioether (sulfide) groups is 4. The SMILES string of the molecule is C1CSC(CSCC2CO2)CS1.CCSCC1CO1. The number of hydrogen-bond donors (Lipinski definition) is 0. The van der Waals surface area contributed by atoms with Crippen LogP contribution in [0.25, 0.3) is 0 Å². The fourth-order valence-corrected chi connectivity index (χ4v) is 6.44. The van der Waals surface area contributed by atoms with Gasteiger partial charge in [0.05, 0.1) is 25.4 Å². The van der Waals surface area contributed by atoms with Gasteiger partial charge in [-0.3, -0.25) is 0 Å². The van der Waals surface area contributed by atoms with Crippen molar-refractivity contribution in [1.29, 1.82) is 0 Å². The highest BCUT2D eigenvalue weighted by molar-refractivity contribution is 8.07. The van der Waals surface area contributed by atoms with Crippen molar-refractivity contribution in [2.24, 2.45) is 0 Å². The Morgan fingerprint density at radius 1 is 1.00 bits per heavy atom. The number of rotatable bonds is 7. The van der Waals surface area contributed by atoms with Gasteiger partial charge in [0.25, 0.3) is 0 Å². The highest BCUT2D eigenvalue weighted by Gasteiger charge is 2.23. The minimum Gasteiger partial charge on any atom is -0.372 e. The molecule has 2 nitrogen and oxygen atoms in total. The van der Waals surface area contributed by atoms with Crippen molar-refractivity contribution in [1.82, 2.24) is 0 Å². The molecule has 0 radical (unpaired) electrons. The number of hydrogen-bond acceptors (Lipinski definition) is 6. The Hall–Kier alpha value is 1.32. The zero-order valence-corrected chi connectivity index (χ0v) is 14.8. The summed E-state index contributed by atoms with van der Waals surface area (Å²) in [4.78, 5) is 0. The molecule has 0 amide bonds. The molecular weight excluding hydrogens is 316 g/mol. The van der Waals surface area contributed by atoms with Crippen LogP contribution >= 0.6 is 47.0 Å². The predicted octanol–water partition coefficient (Wildman–Crippen LogP) is 3.11. The Bertz CT molecular complexity index is 229. The van der Waals surface area contributed by atoms with Crippen molar-refractivity contribution in [3.05, 3.63) is 0 Å². The number of ether oxygens (including phenoxy) is 2. The van der Waals surface area contributed by atoms with Gasteiger partial charge in [0, 0.05) is 39.8 Å². The molecule has 3 fully saturated rings. The number of epoxide rings is 2. The maximum atomic E-state index is 5.17. The standard InChI is InChI=1S/C8H14OS3.C5H10OS/c1-2-12-8(5-10-1)6-11-4-7-3-9-7;1-2-7-4-5-3-6-5/h7-8H,1-6H2;5H,2-4H2,1H3. The van der Waals surface area contributed by atoms with Gasteiger partial charge in [0.1, 0.15) is 0 Å². The lowest BCUT2D eigenvalue weighted by atomic mass is 10.5. The second-order valence-corrected chi connectivity index (χ2v) is 9.63. The monoisotopic (exact) mass is 340 g/mol. The van der Waals surface area contributed by atoms with Gasteiger partial charge < -0.3 is 9.47 Å². The molecule has 3 aliphatic rings. The molecule has 3 saturated heterocycles. The Labute approximate surface area is 134 Å². The van der Waals surface area contributed by atoms with Crippen LogP contribution in [-0.2, 0) is 9.47 Å². The average molecular weight is 341 g/mol. The smallest absolute Gasteiger partial charge is 0.0900 e. The van der Waals surface area contributed by atoms with Crippen LogP contribution in [0.15, 0.2) is 0 Å². The van der Waals surface area contributed by atoms with Crippen molar-refractivity contribution in [3.8, 4) is 0 Å². The van der Waals surface area contributed by atoms with Gasteiger partial charge in [0.2, 0.25) is 0 Å². The minimum atomic E-state index is 0.608. The average Bonchev–Trinajstić information content (AvgIpc) is 3.33. The molecule has 6 heteroatoms. The molecule has 0 aromatic carbocycles. The molecular formula is C13H24O2S4. The quantitative estimate of drug-likeness (QED) is 0.661. The third-order valence-corrected chi connectivity index (χ3v) is 8.12. The summed E-state index contributed by atoms with van der Waals surface area (Å²) < 4.78 is 10.2. The summed E-state index contributed by atoms with van der Waals surface area (Å²) in [5.41, 5.74) is 0. The van der Waals surface area contributed by atoms with Gasteiger partial charge in [0.15, 0.2) is 0 Å². The summed E-state index contributed by atoms with van der Waals surface area (Å²) in [6.07, 6.45) is 1.22. The van der Waals surface area contributed by atoms with E-state index in [1.54, 1.807) is 0 Å². The lowest BCUT2D eigenvalue weighted by molar-refractivity contribution is 0.426. The second-order valence-electron chi connectivity index (χ2n) is 4.68. The molecule has 19 heavy (non-hydrogen) atoms. The highest BCUT2D eigenvalue weighted by atomic mass is 32.2. The van der Waals surface area contributed by atoms with Crippen LogP contribution in [0.1, 0.15) is 6.92 Å². The third-order valence-electron chi connectivity index (χ3n) is 2.81. The summed E-state index contributed by atoms with van der Waals surface area (Å²) in [6, 6.07) is 0. The molecule has 112 valence electrons. The van der Waals surface area contributed by atoms with E-state index in [1.807, 2.05) is 11.8 Å². The second kappa shape index (κ2) is 10.1. The van der Waals surface area contributed by atoms with Crippen LogP contribution in [0.5, 0.6) is 0 Å². The predicted molar refractivity (Wildman–Crippen MR) is 93.4 cm³/mol. The molecule has 0 N–H and O–H groups in total. The molecule has 0 aromatic heterocycles. The van der Waals surface area contributed by atoms with Gasteiger partial charge in [-0.05, 0) is 5.75 Å². The van der Waals surface area contributed by atoms with Gasteiger partial charge in [-0.2, -0.15) is 47.0 Å². The van der Waals surface area contributed by atoms with Gasteiger partial charge in [-0.1, -0.05) is 6.92 Å². The summed E-state index contributed by atoms with van der Waals surface area (Å²) in [6.45, 7) is 4.19. The van der Waals surface area contributed by atoms with Crippen LogP contribution < -0.4 is 0 Å². The molecule has 3 heterocycles. The van der Waals surface area contributed by atoms with E-state index in [2.05, 4.69) is 42.2 Å². The Morgan fingerprint density at radius 3 is 2.21 bits per heavy atom. The first-order valence-electron chi connectivity index (χ1n) is 6.96. The molecule has 3 atom stereocenters. The molecule has 0 aromatic rings. The van der Waals surface area contributed by atoms with Crippen molar-refractivity contribution < 1.29 is 9.47 Å². The fraction of sp³-hybridized carbons (Fsp3) is 1.00. The maximum Gasteiger partial charge on any atom is 0.0900 e. The molecule has 3 aliphatic heterocycles. The highest BCUT2D eigenvalue weighted by Crippen LogP contribution is 2.27. The van der Waals surface area contributed by atoms with E-state index in [0.29, 0.717) is 12.2 Å². The first kappa shape index (κ1) is 16.7. The molecule has 0 saturated carbocycles. The van der Waals surface area contributed by atoms with Gasteiger partial charge in [-0.15, -0.1) is 0 Å². The Balaban J connectivity index is 0.000000163. The van der Waals surface area contributed by atoms with Crippen molar-refractivity contribution in [3.63, 3.8) is 0 Å². The van der Waals surface area contributed by atoms with E-state index in [0.717, 1.165) is 18.5 Å². The lowest BCUT2D eigenvalue weighted by Gasteiger charge is -2.20. The van der Waals surface area contributed by atoms with E-state index in [9.17, 15) is 0 Å². The normalized spacial score (nSPS) is 32.4. The van der Waals surface area contributed by atoms with Crippen LogP contribution in [0.4, 0.5) is 0 Å². The van der Waals surface area contributed by atoms with Crippen LogP contribution in [0, 0.1) is 0 Å². The lowest BCUT2D eigenvalue weighted by Crippen LogP contribution is -2.16. The maximum absolute atomic E-state index is 5.17. The summed E-state index contributed by atoms with van der Waals surface area (Å²) in [5.74, 6) is 9.06. The van der Waals surface area contributed by atoms with Crippen LogP contribution in [0.2, 0.25) is 0 Å². The van der Waals surface area contributed by atoms with Crippen molar-refractivity contribution >= 4 is 47.0 Å². The first-order valence-corrected chi connectivity index (χ1v) is 11.5. The zero-order valence-electron chi connectivity index (χ0n) is 11.5. The van der Waals surface area contributed by atoms with E-state index in [1.165, 1.54) is 40.3 Å². The zero-order chi connectivity index (χ0) is 13.3. The van der Waals surface area contributed by atoms with E-state index >= 15 is 0 Å². The van der Waals surface area contributed by atoms with Crippen molar-refractivity contribution in [2.75, 3.05) is 53.5 Å². The molecule has 0 bridgehead atoms. The van der Waals surface area contributed by atoms with E-state index in [4.69, 9.17) is 9.47 Å². The minimum absolute atomic E-state index is 0.608. The topological polar surface area (TPSA) is 25.1 Å². The molecule has 0 aliphatic carbocycles. The van der Waals surface area contributed by atoms with Gasteiger partial charge >= 0.3 is 0 Å². The summed E-state index contributed by atoms with van der Waals surface area (Å²) in [5, 5.41) is 0.910. The molecule has 3 rings (SSSR count). The summed E-state index contributed by atoms with van der Waals surface area (Å²) in [7, 11) is 0. The van der Waals surface area contributed by atoms with Crippen LogP contribution in [-0.4, -0.2) is 70.9 Å². The van der Waals surface area contributed by atoms with Crippen molar-refractivity contribution in [2.45, 2.75) is 24.4 Å². The largest absolute Gasteiger partial charge is 0.372 e. The third kappa shape index (κ3) is 9.04. The Kier molecular flexibility index (Phi) is 8.88. The first-order chi connectivity index (χ1) is 9.38. The summed E-state index contributed by atoms with van der Waals surface area (Å²) >= 11 is 8.29. The molecule has 3 unspecified atom stereocenters. The van der Waals surface area contributed by atoms with Crippen LogP contribution in [0.3, 0.4) is 0 Å². The fourth-order valence-electron chi connectivity index (χ4n) is 1.54.